The van der Waals surface area contributed by atoms with Crippen LogP contribution in [0.4, 0.5) is 0 Å². The van der Waals surface area contributed by atoms with E-state index < -0.39 is 0 Å². The second-order valence-corrected chi connectivity index (χ2v) is 9.23. The molecule has 0 N–H and O–H groups in total. The summed E-state index contributed by atoms with van der Waals surface area (Å²) in [6.07, 6.45) is 1.15. The lowest BCUT2D eigenvalue weighted by Gasteiger charge is -2.35. The van der Waals surface area contributed by atoms with Crippen LogP contribution in [0.2, 0.25) is 0 Å². The van der Waals surface area contributed by atoms with Crippen LogP contribution in [-0.4, -0.2) is 46.3 Å². The number of methoxy groups -OCH3 is 1. The van der Waals surface area contributed by atoms with Gasteiger partial charge in [0, 0.05) is 19.2 Å². The van der Waals surface area contributed by atoms with Gasteiger partial charge in [-0.3, -0.25) is 14.2 Å². The Bertz CT molecular complexity index is 1150. The van der Waals surface area contributed by atoms with Gasteiger partial charge in [-0.2, -0.15) is 0 Å². The van der Waals surface area contributed by atoms with Gasteiger partial charge in [-0.15, -0.1) is 0 Å². The Morgan fingerprint density at radius 1 is 1.13 bits per heavy atom. The number of rotatable bonds is 5. The summed E-state index contributed by atoms with van der Waals surface area (Å²) in [4.78, 5) is 33.0. The number of carbonyl (C=O) groups is 1. The van der Waals surface area contributed by atoms with Crippen LogP contribution in [0.3, 0.4) is 0 Å². The van der Waals surface area contributed by atoms with Gasteiger partial charge < -0.3 is 9.64 Å². The lowest BCUT2D eigenvalue weighted by molar-refractivity contribution is -0.130. The van der Waals surface area contributed by atoms with Crippen molar-refractivity contribution in [3.8, 4) is 11.4 Å². The van der Waals surface area contributed by atoms with E-state index in [4.69, 9.17) is 9.72 Å². The third-order valence-corrected chi connectivity index (χ3v) is 6.53. The molecule has 0 radical (unpaired) electrons. The number of hydrogen-bond acceptors (Lipinski definition) is 5. The first-order valence-electron chi connectivity index (χ1n) is 10.5. The molecule has 1 aliphatic heterocycles. The van der Waals surface area contributed by atoms with Gasteiger partial charge in [0.05, 0.1) is 29.5 Å². The standard InChI is InChI=1S/C24H27N3O3S/c1-16-11-17(2)14-26(13-16)22(28)15-31-24-25-21-10-5-4-9-20(21)23(29)27(24)18-7-6-8-19(12-18)30-3/h4-10,12,16-17H,11,13-15H2,1-3H3/t16-,17-/m0/s1. The van der Waals surface area contributed by atoms with Crippen LogP contribution in [-0.2, 0) is 4.79 Å². The Balaban J connectivity index is 1.69. The van der Waals surface area contributed by atoms with Gasteiger partial charge in [0.25, 0.3) is 5.56 Å². The minimum absolute atomic E-state index is 0.0861. The average molecular weight is 438 g/mol. The fourth-order valence-corrected chi connectivity index (χ4v) is 5.19. The Morgan fingerprint density at radius 3 is 2.61 bits per heavy atom. The normalized spacial score (nSPS) is 18.9. The van der Waals surface area contributed by atoms with E-state index in [1.807, 2.05) is 41.3 Å². The number of piperidine rings is 1. The maximum absolute atomic E-state index is 13.4. The predicted octanol–water partition coefficient (Wildman–Crippen LogP) is 3.99. The topological polar surface area (TPSA) is 64.4 Å². The highest BCUT2D eigenvalue weighted by Crippen LogP contribution is 2.26. The third kappa shape index (κ3) is 4.61. The van der Waals surface area contributed by atoms with E-state index in [1.54, 1.807) is 23.8 Å². The van der Waals surface area contributed by atoms with E-state index in [1.165, 1.54) is 11.8 Å². The molecule has 2 aromatic carbocycles. The molecular formula is C24H27N3O3S. The Kier molecular flexibility index (Phi) is 6.32. The number of carbonyl (C=O) groups excluding carboxylic acids is 1. The largest absolute Gasteiger partial charge is 0.497 e. The molecule has 1 amide bonds. The number of nitrogens with zero attached hydrogens (tertiary/aromatic N) is 3. The van der Waals surface area contributed by atoms with Crippen molar-refractivity contribution >= 4 is 28.6 Å². The van der Waals surface area contributed by atoms with Crippen LogP contribution in [0.15, 0.2) is 58.5 Å². The summed E-state index contributed by atoms with van der Waals surface area (Å²) < 4.78 is 6.91. The number of thioether (sulfide) groups is 1. The highest BCUT2D eigenvalue weighted by molar-refractivity contribution is 7.99. The van der Waals surface area contributed by atoms with Gasteiger partial charge in [0.2, 0.25) is 5.91 Å². The van der Waals surface area contributed by atoms with Gasteiger partial charge in [-0.1, -0.05) is 43.8 Å². The summed E-state index contributed by atoms with van der Waals surface area (Å²) in [7, 11) is 1.59. The van der Waals surface area contributed by atoms with E-state index in [-0.39, 0.29) is 17.2 Å². The van der Waals surface area contributed by atoms with Gasteiger partial charge in [0.1, 0.15) is 5.75 Å². The molecule has 0 unspecified atom stereocenters. The van der Waals surface area contributed by atoms with Crippen molar-refractivity contribution in [2.24, 2.45) is 11.8 Å². The smallest absolute Gasteiger partial charge is 0.266 e. The molecular weight excluding hydrogens is 410 g/mol. The quantitative estimate of drug-likeness (QED) is 0.446. The molecule has 1 aromatic heterocycles. The van der Waals surface area contributed by atoms with Crippen LogP contribution >= 0.6 is 11.8 Å². The van der Waals surface area contributed by atoms with E-state index in [0.717, 1.165) is 19.5 Å². The van der Waals surface area contributed by atoms with Gasteiger partial charge >= 0.3 is 0 Å². The number of benzene rings is 2. The predicted molar refractivity (Wildman–Crippen MR) is 124 cm³/mol. The average Bonchev–Trinajstić information content (AvgIpc) is 2.77. The zero-order valence-corrected chi connectivity index (χ0v) is 18.9. The summed E-state index contributed by atoms with van der Waals surface area (Å²) in [5.74, 6) is 2.00. The molecule has 7 heteroatoms. The maximum Gasteiger partial charge on any atom is 0.266 e. The summed E-state index contributed by atoms with van der Waals surface area (Å²) >= 11 is 1.31. The molecule has 1 saturated heterocycles. The summed E-state index contributed by atoms with van der Waals surface area (Å²) in [6, 6.07) is 14.6. The van der Waals surface area contributed by atoms with Crippen LogP contribution in [0.1, 0.15) is 20.3 Å². The number of hydrogen-bond donors (Lipinski definition) is 0. The molecule has 162 valence electrons. The van der Waals surface area contributed by atoms with E-state index in [2.05, 4.69) is 13.8 Å². The van der Waals surface area contributed by atoms with Gasteiger partial charge in [-0.05, 0) is 42.5 Å². The lowest BCUT2D eigenvalue weighted by atomic mass is 9.92. The molecule has 3 aromatic rings. The monoisotopic (exact) mass is 437 g/mol. The first-order valence-corrected chi connectivity index (χ1v) is 11.5. The molecule has 0 spiro atoms. The molecule has 0 aliphatic carbocycles. The van der Waals surface area contributed by atoms with Crippen molar-refractivity contribution < 1.29 is 9.53 Å². The second-order valence-electron chi connectivity index (χ2n) is 8.29. The molecule has 6 nitrogen and oxygen atoms in total. The Labute approximate surface area is 186 Å². The maximum atomic E-state index is 13.4. The van der Waals surface area contributed by atoms with Gasteiger partial charge in [-0.25, -0.2) is 4.98 Å². The number of amides is 1. The first kappa shape index (κ1) is 21.4. The zero-order valence-electron chi connectivity index (χ0n) is 18.1. The van der Waals surface area contributed by atoms with Crippen LogP contribution in [0.5, 0.6) is 5.75 Å². The fourth-order valence-electron chi connectivity index (χ4n) is 4.27. The Hall–Kier alpha value is -2.80. The minimum Gasteiger partial charge on any atom is -0.497 e. The molecule has 2 heterocycles. The third-order valence-electron chi connectivity index (χ3n) is 5.60. The van der Waals surface area contributed by atoms with E-state index in [0.29, 0.717) is 39.3 Å². The highest BCUT2D eigenvalue weighted by Gasteiger charge is 2.26. The summed E-state index contributed by atoms with van der Waals surface area (Å²) in [6.45, 7) is 5.96. The van der Waals surface area contributed by atoms with Crippen molar-refractivity contribution in [1.29, 1.82) is 0 Å². The fraction of sp³-hybridized carbons (Fsp3) is 0.375. The SMILES string of the molecule is COc1cccc(-n2c(SCC(=O)N3C[C@@H](C)C[C@H](C)C3)nc3ccccc3c2=O)c1. The van der Waals surface area contributed by atoms with Gasteiger partial charge in [0.15, 0.2) is 5.16 Å². The number of para-hydroxylation sites is 1. The van der Waals surface area contributed by atoms with Crippen molar-refractivity contribution in [3.63, 3.8) is 0 Å². The molecule has 0 bridgehead atoms. The molecule has 2 atom stereocenters. The second kappa shape index (κ2) is 9.14. The number of aromatic nitrogens is 2. The molecule has 1 aliphatic rings. The van der Waals surface area contributed by atoms with Crippen LogP contribution in [0.25, 0.3) is 16.6 Å². The molecule has 0 saturated carbocycles. The van der Waals surface area contributed by atoms with Crippen molar-refractivity contribution in [2.45, 2.75) is 25.4 Å². The Morgan fingerprint density at radius 2 is 1.87 bits per heavy atom. The number of likely N-dealkylation sites (tertiary alicyclic amines) is 1. The van der Waals surface area contributed by atoms with E-state index >= 15 is 0 Å². The van der Waals surface area contributed by atoms with E-state index in [9.17, 15) is 9.59 Å². The lowest BCUT2D eigenvalue weighted by Crippen LogP contribution is -2.43. The van der Waals surface area contributed by atoms with Crippen molar-refractivity contribution in [1.82, 2.24) is 14.5 Å². The molecule has 31 heavy (non-hydrogen) atoms. The van der Waals surface area contributed by atoms with Crippen molar-refractivity contribution in [2.75, 3.05) is 26.0 Å². The summed E-state index contributed by atoms with van der Waals surface area (Å²) in [5, 5.41) is 1.04. The first-order chi connectivity index (χ1) is 15.0. The molecule has 1 fully saturated rings. The summed E-state index contributed by atoms with van der Waals surface area (Å²) in [5.41, 5.74) is 1.13. The number of fused-ring (bicyclic) bond motifs is 1. The van der Waals surface area contributed by atoms with Crippen LogP contribution in [0, 0.1) is 11.8 Å². The highest BCUT2D eigenvalue weighted by atomic mass is 32.2. The van der Waals surface area contributed by atoms with Crippen molar-refractivity contribution in [3.05, 3.63) is 58.9 Å². The molecule has 4 rings (SSSR count). The van der Waals surface area contributed by atoms with Crippen LogP contribution < -0.4 is 10.3 Å². The zero-order chi connectivity index (χ0) is 22.0. The minimum atomic E-state index is -0.158. The number of ether oxygens (including phenoxy) is 1.